The third-order valence-electron chi connectivity index (χ3n) is 3.76. The summed E-state index contributed by atoms with van der Waals surface area (Å²) in [5, 5.41) is 7.30. The van der Waals surface area contributed by atoms with Gasteiger partial charge in [0.05, 0.1) is 19.7 Å². The van der Waals surface area contributed by atoms with Crippen molar-refractivity contribution >= 4 is 12.4 Å². The van der Waals surface area contributed by atoms with Crippen molar-refractivity contribution in [2.45, 2.75) is 19.5 Å². The fourth-order valence-corrected chi connectivity index (χ4v) is 2.76. The number of hydrogen-bond acceptors (Lipinski definition) is 6. The van der Waals surface area contributed by atoms with Gasteiger partial charge in [-0.1, -0.05) is 23.4 Å². The predicted molar refractivity (Wildman–Crippen MR) is 85.3 cm³/mol. The van der Waals surface area contributed by atoms with Crippen molar-refractivity contribution in [2.75, 3.05) is 26.7 Å². The van der Waals surface area contributed by atoms with Gasteiger partial charge in [-0.25, -0.2) is 0 Å². The normalized spacial score (nSPS) is 18.7. The average Bonchev–Trinajstić information content (AvgIpc) is 2.93. The Balaban J connectivity index is 0.00000176. The van der Waals surface area contributed by atoms with E-state index in [0.717, 1.165) is 25.4 Å². The van der Waals surface area contributed by atoms with Crippen molar-refractivity contribution in [3.05, 3.63) is 41.5 Å². The first kappa shape index (κ1) is 16.7. The lowest BCUT2D eigenvalue weighted by Crippen LogP contribution is -2.45. The zero-order chi connectivity index (χ0) is 14.7. The summed E-state index contributed by atoms with van der Waals surface area (Å²) in [5.41, 5.74) is 1.18. The average molecular weight is 325 g/mol. The van der Waals surface area contributed by atoms with E-state index in [0.29, 0.717) is 18.3 Å². The first-order valence-electron chi connectivity index (χ1n) is 7.15. The minimum Gasteiger partial charge on any atom is -0.496 e. The molecule has 1 aliphatic heterocycles. The van der Waals surface area contributed by atoms with Gasteiger partial charge in [-0.05, 0) is 13.0 Å². The SMILES string of the molecule is COc1ccccc1C1CNCCN1Cc1nc(C)no1.Cl. The number of halogens is 1. The molecule has 7 heteroatoms. The van der Waals surface area contributed by atoms with Gasteiger partial charge in [-0.2, -0.15) is 4.98 Å². The molecule has 1 aromatic carbocycles. The summed E-state index contributed by atoms with van der Waals surface area (Å²) < 4.78 is 10.7. The van der Waals surface area contributed by atoms with Gasteiger partial charge >= 0.3 is 0 Å². The minimum absolute atomic E-state index is 0. The number of piperazine rings is 1. The highest BCUT2D eigenvalue weighted by molar-refractivity contribution is 5.85. The molecule has 1 atom stereocenters. The van der Waals surface area contributed by atoms with Gasteiger partial charge in [0.2, 0.25) is 5.89 Å². The lowest BCUT2D eigenvalue weighted by molar-refractivity contribution is 0.133. The zero-order valence-electron chi connectivity index (χ0n) is 12.8. The van der Waals surface area contributed by atoms with Crippen LogP contribution in [0, 0.1) is 6.92 Å². The third-order valence-corrected chi connectivity index (χ3v) is 3.76. The lowest BCUT2D eigenvalue weighted by Gasteiger charge is -2.36. The molecule has 1 fully saturated rings. The molecule has 2 heterocycles. The van der Waals surface area contributed by atoms with Gasteiger partial charge < -0.3 is 14.6 Å². The molecule has 2 aromatic rings. The Morgan fingerprint density at radius 1 is 1.41 bits per heavy atom. The second-order valence-electron chi connectivity index (χ2n) is 5.17. The van der Waals surface area contributed by atoms with E-state index >= 15 is 0 Å². The molecular formula is C15H21ClN4O2. The molecular weight excluding hydrogens is 304 g/mol. The number of aryl methyl sites for hydroxylation is 1. The van der Waals surface area contributed by atoms with Crippen LogP contribution in [0.1, 0.15) is 23.3 Å². The van der Waals surface area contributed by atoms with Crippen molar-refractivity contribution in [1.82, 2.24) is 20.4 Å². The van der Waals surface area contributed by atoms with Crippen molar-refractivity contribution < 1.29 is 9.26 Å². The molecule has 1 N–H and O–H groups in total. The van der Waals surface area contributed by atoms with Gasteiger partial charge in [-0.3, -0.25) is 4.90 Å². The molecule has 6 nitrogen and oxygen atoms in total. The van der Waals surface area contributed by atoms with Crippen LogP contribution in [0.4, 0.5) is 0 Å². The molecule has 1 unspecified atom stereocenters. The monoisotopic (exact) mass is 324 g/mol. The molecule has 1 aromatic heterocycles. The Labute approximate surface area is 136 Å². The van der Waals surface area contributed by atoms with Crippen molar-refractivity contribution in [1.29, 1.82) is 0 Å². The topological polar surface area (TPSA) is 63.4 Å². The molecule has 120 valence electrons. The third kappa shape index (κ3) is 3.58. The summed E-state index contributed by atoms with van der Waals surface area (Å²) in [6.45, 7) is 5.27. The maximum atomic E-state index is 5.50. The molecule has 0 aliphatic carbocycles. The molecule has 1 aliphatic rings. The molecule has 0 saturated carbocycles. The fourth-order valence-electron chi connectivity index (χ4n) is 2.76. The summed E-state index contributed by atoms with van der Waals surface area (Å²) >= 11 is 0. The number of para-hydroxylation sites is 1. The van der Waals surface area contributed by atoms with E-state index in [1.54, 1.807) is 7.11 Å². The van der Waals surface area contributed by atoms with Crippen LogP contribution in [0.25, 0.3) is 0 Å². The largest absolute Gasteiger partial charge is 0.496 e. The van der Waals surface area contributed by atoms with E-state index in [2.05, 4.69) is 26.4 Å². The highest BCUT2D eigenvalue weighted by Gasteiger charge is 2.27. The van der Waals surface area contributed by atoms with Crippen LogP contribution in [-0.2, 0) is 6.54 Å². The smallest absolute Gasteiger partial charge is 0.240 e. The van der Waals surface area contributed by atoms with Crippen molar-refractivity contribution in [2.24, 2.45) is 0 Å². The van der Waals surface area contributed by atoms with E-state index in [4.69, 9.17) is 9.26 Å². The van der Waals surface area contributed by atoms with Crippen LogP contribution in [0.15, 0.2) is 28.8 Å². The van der Waals surface area contributed by atoms with Gasteiger partial charge in [0.1, 0.15) is 5.75 Å². The van der Waals surface area contributed by atoms with E-state index in [9.17, 15) is 0 Å². The summed E-state index contributed by atoms with van der Waals surface area (Å²) in [6.07, 6.45) is 0. The Morgan fingerprint density at radius 3 is 2.95 bits per heavy atom. The molecule has 3 rings (SSSR count). The Kier molecular flexibility index (Phi) is 5.76. The van der Waals surface area contributed by atoms with Gasteiger partial charge in [0.15, 0.2) is 5.82 Å². The van der Waals surface area contributed by atoms with Crippen LogP contribution in [0.3, 0.4) is 0 Å². The van der Waals surface area contributed by atoms with Crippen molar-refractivity contribution in [3.8, 4) is 5.75 Å². The Bertz CT molecular complexity index is 605. The van der Waals surface area contributed by atoms with Crippen LogP contribution in [-0.4, -0.2) is 41.8 Å². The van der Waals surface area contributed by atoms with Crippen LogP contribution in [0.5, 0.6) is 5.75 Å². The summed E-state index contributed by atoms with van der Waals surface area (Å²) in [4.78, 5) is 6.65. The van der Waals surface area contributed by atoms with E-state index in [-0.39, 0.29) is 18.4 Å². The second kappa shape index (κ2) is 7.58. The molecule has 0 radical (unpaired) electrons. The summed E-state index contributed by atoms with van der Waals surface area (Å²) in [5.74, 6) is 2.25. The number of ether oxygens (including phenoxy) is 1. The maximum Gasteiger partial charge on any atom is 0.240 e. The van der Waals surface area contributed by atoms with Crippen molar-refractivity contribution in [3.63, 3.8) is 0 Å². The minimum atomic E-state index is 0. The summed E-state index contributed by atoms with van der Waals surface area (Å²) in [7, 11) is 1.71. The Morgan fingerprint density at radius 2 is 2.23 bits per heavy atom. The Hall–Kier alpha value is -1.63. The quantitative estimate of drug-likeness (QED) is 0.927. The number of nitrogens with one attached hydrogen (secondary N) is 1. The molecule has 22 heavy (non-hydrogen) atoms. The number of benzene rings is 1. The first-order valence-corrected chi connectivity index (χ1v) is 7.15. The van der Waals surface area contributed by atoms with E-state index in [1.165, 1.54) is 5.56 Å². The number of hydrogen-bond donors (Lipinski definition) is 1. The molecule has 0 spiro atoms. The molecule has 0 amide bonds. The maximum absolute atomic E-state index is 5.50. The molecule has 0 bridgehead atoms. The second-order valence-corrected chi connectivity index (χ2v) is 5.17. The predicted octanol–water partition coefficient (Wildman–Crippen LogP) is 1.95. The number of rotatable bonds is 4. The van der Waals surface area contributed by atoms with Crippen LogP contribution < -0.4 is 10.1 Å². The standard InChI is InChI=1S/C15H20N4O2.ClH/c1-11-17-15(21-18-11)10-19-8-7-16-9-13(19)12-5-3-4-6-14(12)20-2;/h3-6,13,16H,7-10H2,1-2H3;1H. The fraction of sp³-hybridized carbons (Fsp3) is 0.467. The summed E-state index contributed by atoms with van der Waals surface area (Å²) in [6, 6.07) is 8.38. The van der Waals surface area contributed by atoms with E-state index in [1.807, 2.05) is 25.1 Å². The van der Waals surface area contributed by atoms with Gasteiger partial charge in [0.25, 0.3) is 0 Å². The van der Waals surface area contributed by atoms with Gasteiger partial charge in [-0.15, -0.1) is 12.4 Å². The van der Waals surface area contributed by atoms with E-state index < -0.39 is 0 Å². The first-order chi connectivity index (χ1) is 10.3. The highest BCUT2D eigenvalue weighted by Crippen LogP contribution is 2.30. The highest BCUT2D eigenvalue weighted by atomic mass is 35.5. The number of methoxy groups -OCH3 is 1. The zero-order valence-corrected chi connectivity index (χ0v) is 13.6. The molecule has 1 saturated heterocycles. The number of nitrogens with zero attached hydrogens (tertiary/aromatic N) is 3. The van der Waals surface area contributed by atoms with Crippen LogP contribution >= 0.6 is 12.4 Å². The number of aromatic nitrogens is 2. The van der Waals surface area contributed by atoms with Gasteiger partial charge in [0, 0.05) is 25.2 Å². The lowest BCUT2D eigenvalue weighted by atomic mass is 10.0. The van der Waals surface area contributed by atoms with Crippen LogP contribution in [0.2, 0.25) is 0 Å².